The van der Waals surface area contributed by atoms with Gasteiger partial charge in [0.2, 0.25) is 0 Å². The molecule has 0 aliphatic carbocycles. The van der Waals surface area contributed by atoms with E-state index in [4.69, 9.17) is 0 Å². The molecule has 2 aliphatic heterocycles. The van der Waals surface area contributed by atoms with Crippen LogP contribution < -0.4 is 5.32 Å². The molecule has 0 saturated carbocycles. The van der Waals surface area contributed by atoms with Gasteiger partial charge in [0.1, 0.15) is 0 Å². The molecule has 0 aromatic heterocycles. The summed E-state index contributed by atoms with van der Waals surface area (Å²) in [5.74, 6) is 0. The smallest absolute Gasteiger partial charge is 0.0238 e. The van der Waals surface area contributed by atoms with Crippen molar-refractivity contribution in [1.29, 1.82) is 0 Å². The zero-order chi connectivity index (χ0) is 11.8. The summed E-state index contributed by atoms with van der Waals surface area (Å²) in [5.41, 5.74) is 0.919. The average Bonchev–Trinajstić information content (AvgIpc) is 2.41. The minimum atomic E-state index is 0.354. The summed E-state index contributed by atoms with van der Waals surface area (Å²) in [7, 11) is 0. The Morgan fingerprint density at radius 2 is 1.81 bits per heavy atom. The van der Waals surface area contributed by atoms with Crippen molar-refractivity contribution in [2.45, 2.75) is 65.0 Å². The van der Waals surface area contributed by atoms with Gasteiger partial charge in [0, 0.05) is 18.1 Å². The summed E-state index contributed by atoms with van der Waals surface area (Å²) in [6.07, 6.45) is 5.45. The van der Waals surface area contributed by atoms with Crippen LogP contribution in [0.3, 0.4) is 0 Å². The van der Waals surface area contributed by atoms with E-state index in [1.807, 2.05) is 0 Å². The lowest BCUT2D eigenvalue weighted by Crippen LogP contribution is -2.37. The molecule has 2 heterocycles. The second-order valence-electron chi connectivity index (χ2n) is 7.18. The molecular formula is C14H28N2. The molecule has 0 aromatic rings. The highest BCUT2D eigenvalue weighted by atomic mass is 15.2. The molecule has 94 valence electrons. The molecule has 1 N–H and O–H groups in total. The highest BCUT2D eigenvalue weighted by molar-refractivity contribution is 4.95. The fraction of sp³-hybridized carbons (Fsp3) is 1.00. The van der Waals surface area contributed by atoms with Gasteiger partial charge in [0.05, 0.1) is 0 Å². The van der Waals surface area contributed by atoms with E-state index >= 15 is 0 Å². The molecule has 2 saturated heterocycles. The lowest BCUT2D eigenvalue weighted by Gasteiger charge is -2.28. The molecule has 1 unspecified atom stereocenters. The SMILES string of the molecule is CC1(C)CCCN(C2CNC(C)(C)C2)CC1. The van der Waals surface area contributed by atoms with Crippen molar-refractivity contribution in [1.82, 2.24) is 10.2 Å². The first-order chi connectivity index (χ1) is 7.38. The fourth-order valence-electron chi connectivity index (χ4n) is 3.19. The molecular weight excluding hydrogens is 196 g/mol. The van der Waals surface area contributed by atoms with E-state index in [9.17, 15) is 0 Å². The molecule has 2 aliphatic rings. The summed E-state index contributed by atoms with van der Waals surface area (Å²) in [6.45, 7) is 13.3. The van der Waals surface area contributed by atoms with E-state index in [1.54, 1.807) is 0 Å². The van der Waals surface area contributed by atoms with Crippen molar-refractivity contribution in [3.05, 3.63) is 0 Å². The average molecular weight is 224 g/mol. The van der Waals surface area contributed by atoms with Gasteiger partial charge in [-0.2, -0.15) is 0 Å². The quantitative estimate of drug-likeness (QED) is 0.736. The molecule has 2 nitrogen and oxygen atoms in total. The molecule has 16 heavy (non-hydrogen) atoms. The summed E-state index contributed by atoms with van der Waals surface area (Å²) in [4.78, 5) is 2.73. The first kappa shape index (κ1) is 12.4. The van der Waals surface area contributed by atoms with Crippen molar-refractivity contribution < 1.29 is 0 Å². The molecule has 1 atom stereocenters. The second-order valence-corrected chi connectivity index (χ2v) is 7.18. The van der Waals surface area contributed by atoms with E-state index < -0.39 is 0 Å². The van der Waals surface area contributed by atoms with Crippen LogP contribution in [0.1, 0.15) is 53.4 Å². The minimum absolute atomic E-state index is 0.354. The van der Waals surface area contributed by atoms with Gasteiger partial charge in [-0.3, -0.25) is 4.90 Å². The Morgan fingerprint density at radius 3 is 2.44 bits per heavy atom. The van der Waals surface area contributed by atoms with Crippen LogP contribution in [0.5, 0.6) is 0 Å². The van der Waals surface area contributed by atoms with E-state index in [0.717, 1.165) is 6.04 Å². The van der Waals surface area contributed by atoms with Crippen molar-refractivity contribution in [3.63, 3.8) is 0 Å². The summed E-state index contributed by atoms with van der Waals surface area (Å²) in [6, 6.07) is 0.781. The predicted octanol–water partition coefficient (Wildman–Crippen LogP) is 2.64. The first-order valence-electron chi connectivity index (χ1n) is 6.87. The second kappa shape index (κ2) is 4.30. The number of hydrogen-bond donors (Lipinski definition) is 1. The van der Waals surface area contributed by atoms with E-state index in [-0.39, 0.29) is 0 Å². The van der Waals surface area contributed by atoms with Gasteiger partial charge in [-0.15, -0.1) is 0 Å². The topological polar surface area (TPSA) is 15.3 Å². The monoisotopic (exact) mass is 224 g/mol. The molecule has 2 fully saturated rings. The Labute approximate surface area is 101 Å². The van der Waals surface area contributed by atoms with Crippen LogP contribution in [0, 0.1) is 5.41 Å². The number of likely N-dealkylation sites (tertiary alicyclic amines) is 1. The summed E-state index contributed by atoms with van der Waals surface area (Å²) < 4.78 is 0. The van der Waals surface area contributed by atoms with Gasteiger partial charge >= 0.3 is 0 Å². The van der Waals surface area contributed by atoms with Gasteiger partial charge in [0.15, 0.2) is 0 Å². The highest BCUT2D eigenvalue weighted by Crippen LogP contribution is 2.32. The maximum Gasteiger partial charge on any atom is 0.0238 e. The minimum Gasteiger partial charge on any atom is -0.310 e. The van der Waals surface area contributed by atoms with Gasteiger partial charge < -0.3 is 5.32 Å². The predicted molar refractivity (Wildman–Crippen MR) is 69.7 cm³/mol. The molecule has 2 heteroatoms. The number of rotatable bonds is 1. The third-order valence-electron chi connectivity index (χ3n) is 4.45. The number of nitrogens with zero attached hydrogens (tertiary/aromatic N) is 1. The van der Waals surface area contributed by atoms with Gasteiger partial charge in [-0.1, -0.05) is 13.8 Å². The van der Waals surface area contributed by atoms with Crippen LogP contribution in [0.4, 0.5) is 0 Å². The zero-order valence-electron chi connectivity index (χ0n) is 11.5. The van der Waals surface area contributed by atoms with Crippen molar-refractivity contribution in [2.24, 2.45) is 5.41 Å². The van der Waals surface area contributed by atoms with E-state index in [1.165, 1.54) is 45.3 Å². The summed E-state index contributed by atoms with van der Waals surface area (Å²) >= 11 is 0. The van der Waals surface area contributed by atoms with Crippen molar-refractivity contribution in [2.75, 3.05) is 19.6 Å². The Bertz CT molecular complexity index is 245. The van der Waals surface area contributed by atoms with Gasteiger partial charge in [0.25, 0.3) is 0 Å². The third-order valence-corrected chi connectivity index (χ3v) is 4.45. The fourth-order valence-corrected chi connectivity index (χ4v) is 3.19. The third kappa shape index (κ3) is 2.98. The normalized spacial score (nSPS) is 34.9. The molecule has 2 rings (SSSR count). The largest absolute Gasteiger partial charge is 0.310 e. The van der Waals surface area contributed by atoms with Crippen LogP contribution >= 0.6 is 0 Å². The molecule has 0 aromatic carbocycles. The molecule has 0 spiro atoms. The van der Waals surface area contributed by atoms with Gasteiger partial charge in [-0.25, -0.2) is 0 Å². The number of nitrogens with one attached hydrogen (secondary N) is 1. The van der Waals surface area contributed by atoms with Crippen LogP contribution in [-0.4, -0.2) is 36.1 Å². The lowest BCUT2D eigenvalue weighted by molar-refractivity contribution is 0.200. The van der Waals surface area contributed by atoms with Crippen LogP contribution in [0.2, 0.25) is 0 Å². The standard InChI is InChI=1S/C14H28N2/c1-13(2)6-5-8-16(9-7-13)12-10-14(3,4)15-11-12/h12,15H,5-11H2,1-4H3. The van der Waals surface area contributed by atoms with Gasteiger partial charge in [-0.05, 0) is 58.0 Å². The lowest BCUT2D eigenvalue weighted by atomic mass is 9.85. The Balaban J connectivity index is 1.91. The maximum atomic E-state index is 3.64. The Morgan fingerprint density at radius 1 is 1.06 bits per heavy atom. The van der Waals surface area contributed by atoms with Crippen LogP contribution in [0.15, 0.2) is 0 Å². The van der Waals surface area contributed by atoms with Crippen molar-refractivity contribution in [3.8, 4) is 0 Å². The molecule has 0 amide bonds. The van der Waals surface area contributed by atoms with E-state index in [2.05, 4.69) is 37.9 Å². The zero-order valence-corrected chi connectivity index (χ0v) is 11.5. The Kier molecular flexibility index (Phi) is 3.33. The molecule has 0 radical (unpaired) electrons. The maximum absolute atomic E-state index is 3.64. The van der Waals surface area contributed by atoms with E-state index in [0.29, 0.717) is 11.0 Å². The Hall–Kier alpha value is -0.0800. The number of hydrogen-bond acceptors (Lipinski definition) is 2. The van der Waals surface area contributed by atoms with Crippen LogP contribution in [-0.2, 0) is 0 Å². The van der Waals surface area contributed by atoms with Crippen molar-refractivity contribution >= 4 is 0 Å². The highest BCUT2D eigenvalue weighted by Gasteiger charge is 2.35. The first-order valence-corrected chi connectivity index (χ1v) is 6.87. The van der Waals surface area contributed by atoms with Crippen LogP contribution in [0.25, 0.3) is 0 Å². The summed E-state index contributed by atoms with van der Waals surface area (Å²) in [5, 5.41) is 3.64. The molecule has 0 bridgehead atoms.